The van der Waals surface area contributed by atoms with Crippen LogP contribution in [0.1, 0.15) is 27.2 Å². The van der Waals surface area contributed by atoms with Crippen LogP contribution in [0.25, 0.3) is 0 Å². The standard InChI is InChI=1S/C15H20F2N2O3/c1-15(2,3)13(21)18-9-8-12(20)19-10-4-6-11(7-5-10)22-14(16)17/h4-7,14H,8-9H2,1-3H3,(H,18,21)(H,19,20). The first-order valence-corrected chi connectivity index (χ1v) is 6.81. The van der Waals surface area contributed by atoms with E-state index < -0.39 is 12.0 Å². The Labute approximate surface area is 128 Å². The van der Waals surface area contributed by atoms with Crippen molar-refractivity contribution in [2.45, 2.75) is 33.8 Å². The molecule has 122 valence electrons. The number of amides is 2. The lowest BCUT2D eigenvalue weighted by Gasteiger charge is -2.17. The van der Waals surface area contributed by atoms with Gasteiger partial charge in [0.2, 0.25) is 11.8 Å². The third-order valence-corrected chi connectivity index (χ3v) is 2.68. The fraction of sp³-hybridized carbons (Fsp3) is 0.467. The summed E-state index contributed by atoms with van der Waals surface area (Å²) < 4.78 is 28.2. The van der Waals surface area contributed by atoms with E-state index in [1.807, 2.05) is 0 Å². The van der Waals surface area contributed by atoms with Crippen molar-refractivity contribution >= 4 is 17.5 Å². The van der Waals surface area contributed by atoms with Gasteiger partial charge in [-0.05, 0) is 24.3 Å². The Morgan fingerprint density at radius 2 is 1.77 bits per heavy atom. The van der Waals surface area contributed by atoms with Crippen molar-refractivity contribution in [1.29, 1.82) is 0 Å². The zero-order chi connectivity index (χ0) is 16.8. The topological polar surface area (TPSA) is 67.4 Å². The first kappa shape index (κ1) is 17.9. The second kappa shape index (κ2) is 7.72. The maximum atomic E-state index is 12.0. The van der Waals surface area contributed by atoms with Gasteiger partial charge < -0.3 is 15.4 Å². The van der Waals surface area contributed by atoms with Crippen LogP contribution >= 0.6 is 0 Å². The normalized spacial score (nSPS) is 11.2. The van der Waals surface area contributed by atoms with Crippen molar-refractivity contribution in [2.24, 2.45) is 5.41 Å². The number of alkyl halides is 2. The molecule has 0 atom stereocenters. The minimum absolute atomic E-state index is 0.0189. The summed E-state index contributed by atoms with van der Waals surface area (Å²) in [6, 6.07) is 5.60. The molecule has 0 fully saturated rings. The van der Waals surface area contributed by atoms with E-state index in [1.54, 1.807) is 20.8 Å². The molecule has 0 bridgehead atoms. The molecular weight excluding hydrogens is 294 g/mol. The maximum absolute atomic E-state index is 12.0. The minimum Gasteiger partial charge on any atom is -0.435 e. The highest BCUT2D eigenvalue weighted by molar-refractivity contribution is 5.91. The van der Waals surface area contributed by atoms with Gasteiger partial charge in [-0.3, -0.25) is 9.59 Å². The van der Waals surface area contributed by atoms with Crippen molar-refractivity contribution in [2.75, 3.05) is 11.9 Å². The van der Waals surface area contributed by atoms with Gasteiger partial charge in [0.25, 0.3) is 0 Å². The van der Waals surface area contributed by atoms with Crippen LogP contribution in [0, 0.1) is 5.41 Å². The lowest BCUT2D eigenvalue weighted by Crippen LogP contribution is -2.36. The van der Waals surface area contributed by atoms with Crippen LogP contribution in [0.15, 0.2) is 24.3 Å². The fourth-order valence-electron chi connectivity index (χ4n) is 1.50. The number of benzene rings is 1. The molecule has 1 rings (SSSR count). The molecule has 1 aromatic carbocycles. The summed E-state index contributed by atoms with van der Waals surface area (Å²) >= 11 is 0. The number of hydrogen-bond donors (Lipinski definition) is 2. The third kappa shape index (κ3) is 6.51. The second-order valence-corrected chi connectivity index (χ2v) is 5.71. The molecule has 0 radical (unpaired) electrons. The lowest BCUT2D eigenvalue weighted by molar-refractivity contribution is -0.128. The number of anilines is 1. The Bertz CT molecular complexity index is 511. The molecule has 0 unspecified atom stereocenters. The Morgan fingerprint density at radius 3 is 2.27 bits per heavy atom. The molecule has 5 nitrogen and oxygen atoms in total. The van der Waals surface area contributed by atoms with E-state index in [0.717, 1.165) is 0 Å². The highest BCUT2D eigenvalue weighted by Crippen LogP contribution is 2.17. The predicted octanol–water partition coefficient (Wildman–Crippen LogP) is 2.78. The van der Waals surface area contributed by atoms with Crippen molar-refractivity contribution in [3.05, 3.63) is 24.3 Å². The van der Waals surface area contributed by atoms with Crippen molar-refractivity contribution in [3.8, 4) is 5.75 Å². The van der Waals surface area contributed by atoms with Gasteiger partial charge >= 0.3 is 6.61 Å². The maximum Gasteiger partial charge on any atom is 0.387 e. The number of rotatable bonds is 6. The molecular formula is C15H20F2N2O3. The summed E-state index contributed by atoms with van der Waals surface area (Å²) in [7, 11) is 0. The Morgan fingerprint density at radius 1 is 1.18 bits per heavy atom. The van der Waals surface area contributed by atoms with E-state index in [2.05, 4.69) is 15.4 Å². The Kier molecular flexibility index (Phi) is 6.27. The van der Waals surface area contributed by atoms with Gasteiger partial charge in [-0.2, -0.15) is 8.78 Å². The lowest BCUT2D eigenvalue weighted by atomic mass is 9.96. The molecule has 0 aliphatic rings. The van der Waals surface area contributed by atoms with Crippen molar-refractivity contribution in [3.63, 3.8) is 0 Å². The molecule has 0 saturated carbocycles. The molecule has 0 saturated heterocycles. The molecule has 0 spiro atoms. The highest BCUT2D eigenvalue weighted by Gasteiger charge is 2.20. The number of hydrogen-bond acceptors (Lipinski definition) is 3. The smallest absolute Gasteiger partial charge is 0.387 e. The van der Waals surface area contributed by atoms with Gasteiger partial charge in [0.05, 0.1) is 0 Å². The average molecular weight is 314 g/mol. The number of nitrogens with one attached hydrogen (secondary N) is 2. The van der Waals surface area contributed by atoms with E-state index >= 15 is 0 Å². The second-order valence-electron chi connectivity index (χ2n) is 5.71. The predicted molar refractivity (Wildman–Crippen MR) is 78.8 cm³/mol. The van der Waals surface area contributed by atoms with Gasteiger partial charge in [0.1, 0.15) is 5.75 Å². The number of ether oxygens (including phenoxy) is 1. The van der Waals surface area contributed by atoms with Crippen molar-refractivity contribution < 1.29 is 23.1 Å². The zero-order valence-electron chi connectivity index (χ0n) is 12.8. The summed E-state index contributed by atoms with van der Waals surface area (Å²) in [6.45, 7) is 2.70. The summed E-state index contributed by atoms with van der Waals surface area (Å²) in [4.78, 5) is 23.3. The van der Waals surface area contributed by atoms with Crippen LogP contribution < -0.4 is 15.4 Å². The summed E-state index contributed by atoms with van der Waals surface area (Å²) in [5, 5.41) is 5.27. The Balaban J connectivity index is 2.37. The monoisotopic (exact) mass is 314 g/mol. The molecule has 0 aromatic heterocycles. The molecule has 7 heteroatoms. The van der Waals surface area contributed by atoms with Gasteiger partial charge in [-0.25, -0.2) is 0 Å². The molecule has 0 heterocycles. The van der Waals surface area contributed by atoms with Gasteiger partial charge in [0.15, 0.2) is 0 Å². The average Bonchev–Trinajstić information content (AvgIpc) is 2.39. The third-order valence-electron chi connectivity index (χ3n) is 2.68. The van der Waals surface area contributed by atoms with Crippen LogP contribution in [0.5, 0.6) is 5.75 Å². The molecule has 0 aliphatic heterocycles. The van der Waals surface area contributed by atoms with E-state index in [4.69, 9.17) is 0 Å². The van der Waals surface area contributed by atoms with Gasteiger partial charge in [-0.15, -0.1) is 0 Å². The molecule has 2 amide bonds. The summed E-state index contributed by atoms with van der Waals surface area (Å²) in [5.41, 5.74) is -0.0365. The quantitative estimate of drug-likeness (QED) is 0.848. The van der Waals surface area contributed by atoms with Gasteiger partial charge in [0, 0.05) is 24.1 Å². The number of halogens is 2. The summed E-state index contributed by atoms with van der Waals surface area (Å²) in [6.07, 6.45) is 0.122. The molecule has 0 aliphatic carbocycles. The van der Waals surface area contributed by atoms with Crippen LogP contribution in [0.4, 0.5) is 14.5 Å². The zero-order valence-corrected chi connectivity index (χ0v) is 12.8. The van der Waals surface area contributed by atoms with Crippen LogP contribution in [0.3, 0.4) is 0 Å². The highest BCUT2D eigenvalue weighted by atomic mass is 19.3. The van der Waals surface area contributed by atoms with E-state index in [-0.39, 0.29) is 30.5 Å². The molecule has 22 heavy (non-hydrogen) atoms. The van der Waals surface area contributed by atoms with Crippen LogP contribution in [-0.2, 0) is 9.59 Å². The Hall–Kier alpha value is -2.18. The van der Waals surface area contributed by atoms with E-state index in [1.165, 1.54) is 24.3 Å². The van der Waals surface area contributed by atoms with Crippen LogP contribution in [0.2, 0.25) is 0 Å². The molecule has 1 aromatic rings. The first-order chi connectivity index (χ1) is 10.2. The van der Waals surface area contributed by atoms with E-state index in [0.29, 0.717) is 5.69 Å². The van der Waals surface area contributed by atoms with Crippen LogP contribution in [-0.4, -0.2) is 25.0 Å². The first-order valence-electron chi connectivity index (χ1n) is 6.81. The SMILES string of the molecule is CC(C)(C)C(=O)NCCC(=O)Nc1ccc(OC(F)F)cc1. The summed E-state index contributed by atoms with van der Waals surface area (Å²) in [5.74, 6) is -0.393. The largest absolute Gasteiger partial charge is 0.435 e. The number of carbonyl (C=O) groups is 2. The fourth-order valence-corrected chi connectivity index (χ4v) is 1.50. The van der Waals surface area contributed by atoms with Crippen molar-refractivity contribution in [1.82, 2.24) is 5.32 Å². The van der Waals surface area contributed by atoms with E-state index in [9.17, 15) is 18.4 Å². The minimum atomic E-state index is -2.88. The van der Waals surface area contributed by atoms with Gasteiger partial charge in [-0.1, -0.05) is 20.8 Å². The number of carbonyl (C=O) groups excluding carboxylic acids is 2. The molecule has 2 N–H and O–H groups in total.